The molecule has 2 unspecified atom stereocenters. The maximum absolute atomic E-state index is 11.6. The third-order valence-corrected chi connectivity index (χ3v) is 3.55. The fourth-order valence-electron chi connectivity index (χ4n) is 2.53. The molecule has 1 amide bonds. The van der Waals surface area contributed by atoms with Gasteiger partial charge in [-0.25, -0.2) is 0 Å². The van der Waals surface area contributed by atoms with Crippen molar-refractivity contribution in [3.8, 4) is 0 Å². The van der Waals surface area contributed by atoms with Gasteiger partial charge in [0, 0.05) is 38.6 Å². The minimum atomic E-state index is 0.127. The molecule has 0 radical (unpaired) electrons. The highest BCUT2D eigenvalue weighted by Crippen LogP contribution is 2.20. The van der Waals surface area contributed by atoms with E-state index in [9.17, 15) is 4.79 Å². The van der Waals surface area contributed by atoms with E-state index in [0.29, 0.717) is 12.5 Å². The lowest BCUT2D eigenvalue weighted by Crippen LogP contribution is -2.31. The van der Waals surface area contributed by atoms with E-state index in [0.717, 1.165) is 32.5 Å². The van der Waals surface area contributed by atoms with Gasteiger partial charge in [0.05, 0.1) is 6.10 Å². The highest BCUT2D eigenvalue weighted by Gasteiger charge is 2.29. The lowest BCUT2D eigenvalue weighted by molar-refractivity contribution is -0.128. The second kappa shape index (κ2) is 5.64. The number of likely N-dealkylation sites (tertiary alicyclic amines) is 1. The largest absolute Gasteiger partial charge is 0.396 e. The molecule has 0 bridgehead atoms. The van der Waals surface area contributed by atoms with Crippen molar-refractivity contribution in [1.82, 2.24) is 4.90 Å². The number of carbonyl (C=O) groups excluding carboxylic acids is 1. The van der Waals surface area contributed by atoms with Crippen molar-refractivity contribution in [2.45, 2.75) is 38.2 Å². The number of carbonyl (C=O) groups is 1. The Morgan fingerprint density at radius 2 is 2.31 bits per heavy atom. The summed E-state index contributed by atoms with van der Waals surface area (Å²) in [6, 6.07) is 0. The van der Waals surface area contributed by atoms with E-state index in [2.05, 4.69) is 0 Å². The molecule has 0 aromatic rings. The zero-order valence-electron chi connectivity index (χ0n) is 9.73. The van der Waals surface area contributed by atoms with Gasteiger partial charge < -0.3 is 14.7 Å². The van der Waals surface area contributed by atoms with Crippen LogP contribution in [0.3, 0.4) is 0 Å². The second-order valence-electron chi connectivity index (χ2n) is 4.87. The number of hydrogen-bond acceptors (Lipinski definition) is 3. The molecule has 2 aliphatic heterocycles. The molecule has 2 heterocycles. The fraction of sp³-hybridized carbons (Fsp3) is 0.917. The van der Waals surface area contributed by atoms with E-state index in [4.69, 9.17) is 9.84 Å². The third kappa shape index (κ3) is 2.95. The third-order valence-electron chi connectivity index (χ3n) is 3.55. The summed E-state index contributed by atoms with van der Waals surface area (Å²) in [6.07, 6.45) is 5.36. The summed E-state index contributed by atoms with van der Waals surface area (Å²) >= 11 is 0. The van der Waals surface area contributed by atoms with E-state index in [1.54, 1.807) is 0 Å². The van der Waals surface area contributed by atoms with Gasteiger partial charge >= 0.3 is 0 Å². The summed E-state index contributed by atoms with van der Waals surface area (Å²) in [5, 5.41) is 9.01. The monoisotopic (exact) mass is 227 g/mol. The van der Waals surface area contributed by atoms with Gasteiger partial charge in [0.2, 0.25) is 5.91 Å². The predicted molar refractivity (Wildman–Crippen MR) is 60.0 cm³/mol. The zero-order valence-corrected chi connectivity index (χ0v) is 9.73. The van der Waals surface area contributed by atoms with E-state index in [1.807, 2.05) is 4.90 Å². The van der Waals surface area contributed by atoms with Crippen LogP contribution in [0.25, 0.3) is 0 Å². The molecule has 0 aliphatic carbocycles. The molecule has 2 saturated heterocycles. The summed E-state index contributed by atoms with van der Waals surface area (Å²) in [5.74, 6) is 0.342. The van der Waals surface area contributed by atoms with Gasteiger partial charge in [0.15, 0.2) is 0 Å². The Hall–Kier alpha value is -0.610. The SMILES string of the molecule is O=C1CC(CO)CN1CCC1CCCCO1. The molecule has 2 fully saturated rings. The molecule has 2 atom stereocenters. The molecule has 0 aromatic carbocycles. The highest BCUT2D eigenvalue weighted by atomic mass is 16.5. The highest BCUT2D eigenvalue weighted by molar-refractivity contribution is 5.78. The van der Waals surface area contributed by atoms with Crippen molar-refractivity contribution in [3.05, 3.63) is 0 Å². The first-order chi connectivity index (χ1) is 7.79. The van der Waals surface area contributed by atoms with Crippen molar-refractivity contribution < 1.29 is 14.6 Å². The predicted octanol–water partition coefficient (Wildman–Crippen LogP) is 0.786. The van der Waals surface area contributed by atoms with E-state index < -0.39 is 0 Å². The first-order valence-corrected chi connectivity index (χ1v) is 6.30. The van der Waals surface area contributed by atoms with Crippen LogP contribution in [0, 0.1) is 5.92 Å². The Morgan fingerprint density at radius 1 is 1.44 bits per heavy atom. The molecule has 0 spiro atoms. The maximum atomic E-state index is 11.6. The van der Waals surface area contributed by atoms with Crippen molar-refractivity contribution >= 4 is 5.91 Å². The number of hydrogen-bond donors (Lipinski definition) is 1. The van der Waals surface area contributed by atoms with Crippen LogP contribution < -0.4 is 0 Å². The molecule has 2 rings (SSSR count). The molecular weight excluding hydrogens is 206 g/mol. The van der Waals surface area contributed by atoms with Gasteiger partial charge in [-0.3, -0.25) is 4.79 Å². The van der Waals surface area contributed by atoms with Gasteiger partial charge in [-0.2, -0.15) is 0 Å². The van der Waals surface area contributed by atoms with Crippen LogP contribution in [-0.2, 0) is 9.53 Å². The Bertz CT molecular complexity index is 238. The van der Waals surface area contributed by atoms with Crippen LogP contribution in [-0.4, -0.2) is 48.3 Å². The average Bonchev–Trinajstić information content (AvgIpc) is 2.69. The van der Waals surface area contributed by atoms with Crippen LogP contribution in [0.1, 0.15) is 32.1 Å². The number of rotatable bonds is 4. The quantitative estimate of drug-likeness (QED) is 0.772. The zero-order chi connectivity index (χ0) is 11.4. The number of amides is 1. The fourth-order valence-corrected chi connectivity index (χ4v) is 2.53. The molecule has 0 aromatic heterocycles. The molecule has 4 nitrogen and oxygen atoms in total. The van der Waals surface area contributed by atoms with Gasteiger partial charge in [-0.05, 0) is 25.7 Å². The first-order valence-electron chi connectivity index (χ1n) is 6.30. The Kier molecular flexibility index (Phi) is 4.18. The summed E-state index contributed by atoms with van der Waals surface area (Å²) in [6.45, 7) is 2.52. The summed E-state index contributed by atoms with van der Waals surface area (Å²) in [7, 11) is 0. The number of nitrogens with zero attached hydrogens (tertiary/aromatic N) is 1. The minimum absolute atomic E-state index is 0.127. The van der Waals surface area contributed by atoms with Gasteiger partial charge in [0.25, 0.3) is 0 Å². The van der Waals surface area contributed by atoms with Crippen LogP contribution in [0.4, 0.5) is 0 Å². The van der Waals surface area contributed by atoms with Crippen LogP contribution in [0.15, 0.2) is 0 Å². The lowest BCUT2D eigenvalue weighted by atomic mass is 10.1. The second-order valence-corrected chi connectivity index (χ2v) is 4.87. The van der Waals surface area contributed by atoms with Gasteiger partial charge in [-0.1, -0.05) is 0 Å². The Morgan fingerprint density at radius 3 is 2.94 bits per heavy atom. The maximum Gasteiger partial charge on any atom is 0.223 e. The summed E-state index contributed by atoms with van der Waals surface area (Å²) in [4.78, 5) is 13.5. The normalized spacial score (nSPS) is 31.1. The Labute approximate surface area is 96.6 Å². The van der Waals surface area contributed by atoms with Crippen molar-refractivity contribution in [1.29, 1.82) is 0 Å². The minimum Gasteiger partial charge on any atom is -0.396 e. The lowest BCUT2D eigenvalue weighted by Gasteiger charge is -2.25. The molecule has 1 N–H and O–H groups in total. The molecule has 2 aliphatic rings. The molecule has 92 valence electrons. The molecular formula is C12H21NO3. The molecule has 16 heavy (non-hydrogen) atoms. The number of ether oxygens (including phenoxy) is 1. The van der Waals surface area contributed by atoms with Crippen LogP contribution >= 0.6 is 0 Å². The topological polar surface area (TPSA) is 49.8 Å². The van der Waals surface area contributed by atoms with E-state index >= 15 is 0 Å². The number of aliphatic hydroxyl groups is 1. The Balaban J connectivity index is 1.71. The van der Waals surface area contributed by atoms with Gasteiger partial charge in [0.1, 0.15) is 0 Å². The van der Waals surface area contributed by atoms with E-state index in [1.165, 1.54) is 12.8 Å². The van der Waals surface area contributed by atoms with E-state index in [-0.39, 0.29) is 18.4 Å². The van der Waals surface area contributed by atoms with Gasteiger partial charge in [-0.15, -0.1) is 0 Å². The standard InChI is InChI=1S/C12H21NO3/c14-9-10-7-12(15)13(8-10)5-4-11-3-1-2-6-16-11/h10-11,14H,1-9H2. The summed E-state index contributed by atoms with van der Waals surface area (Å²) < 4.78 is 5.64. The van der Waals surface area contributed by atoms with Crippen LogP contribution in [0.2, 0.25) is 0 Å². The first kappa shape index (κ1) is 11.9. The smallest absolute Gasteiger partial charge is 0.223 e. The molecule has 0 saturated carbocycles. The van der Waals surface area contributed by atoms with Crippen molar-refractivity contribution in [2.75, 3.05) is 26.3 Å². The average molecular weight is 227 g/mol. The van der Waals surface area contributed by atoms with Crippen LogP contribution in [0.5, 0.6) is 0 Å². The van der Waals surface area contributed by atoms with Crippen molar-refractivity contribution in [3.63, 3.8) is 0 Å². The number of aliphatic hydroxyl groups excluding tert-OH is 1. The molecule has 4 heteroatoms. The summed E-state index contributed by atoms with van der Waals surface area (Å²) in [5.41, 5.74) is 0. The van der Waals surface area contributed by atoms with Crippen molar-refractivity contribution in [2.24, 2.45) is 5.92 Å².